The minimum absolute atomic E-state index is 0.313. The van der Waals surface area contributed by atoms with Crippen molar-refractivity contribution >= 4 is 5.97 Å². The van der Waals surface area contributed by atoms with E-state index in [1.807, 2.05) is 43.4 Å². The standard InChI is InChI=1S/C35H46O2/c1-28(2)16-11-19-31(5)22-14-24-32(6)23-12-20-29(3)17-9-10-18-30(4)21-13-25-33(7)26-15-27-34(8)35(36)37/h9-10,12-18,20-27H,11,19H2,1-8H3,(H,36,37). The van der Waals surface area contributed by atoms with Crippen LogP contribution in [0, 0.1) is 0 Å². The third-order valence-corrected chi connectivity index (χ3v) is 5.14. The van der Waals surface area contributed by atoms with Gasteiger partial charge in [-0.3, -0.25) is 0 Å². The van der Waals surface area contributed by atoms with Crippen LogP contribution in [-0.4, -0.2) is 11.1 Å². The van der Waals surface area contributed by atoms with E-state index in [9.17, 15) is 4.79 Å². The molecule has 0 saturated carbocycles. The summed E-state index contributed by atoms with van der Waals surface area (Å²) in [6.45, 7) is 16.3. The van der Waals surface area contributed by atoms with Crippen LogP contribution in [0.15, 0.2) is 142 Å². The van der Waals surface area contributed by atoms with E-state index < -0.39 is 5.97 Å². The summed E-state index contributed by atoms with van der Waals surface area (Å²) in [5.41, 5.74) is 7.66. The van der Waals surface area contributed by atoms with Crippen molar-refractivity contribution in [2.24, 2.45) is 0 Å². The summed E-state index contributed by atoms with van der Waals surface area (Å²) in [6, 6.07) is 0. The number of carbonyl (C=O) groups is 1. The predicted octanol–water partition coefficient (Wildman–Crippen LogP) is 10.3. The van der Waals surface area contributed by atoms with E-state index in [-0.39, 0.29) is 0 Å². The normalized spacial score (nSPS) is 15.4. The molecule has 0 unspecified atom stereocenters. The Morgan fingerprint density at radius 2 is 0.919 bits per heavy atom. The van der Waals surface area contributed by atoms with Crippen molar-refractivity contribution in [2.75, 3.05) is 0 Å². The van der Waals surface area contributed by atoms with Gasteiger partial charge in [0.15, 0.2) is 0 Å². The third-order valence-electron chi connectivity index (χ3n) is 5.14. The minimum Gasteiger partial charge on any atom is -0.478 e. The van der Waals surface area contributed by atoms with E-state index in [1.165, 1.54) is 22.3 Å². The van der Waals surface area contributed by atoms with E-state index in [0.717, 1.165) is 24.0 Å². The average molecular weight is 499 g/mol. The topological polar surface area (TPSA) is 37.3 Å². The van der Waals surface area contributed by atoms with Gasteiger partial charge in [0.2, 0.25) is 0 Å². The number of hydrogen-bond acceptors (Lipinski definition) is 1. The molecule has 198 valence electrons. The molecule has 0 saturated heterocycles. The fourth-order valence-electron chi connectivity index (χ4n) is 2.79. The number of carboxylic acid groups (broad SMARTS) is 1. The lowest BCUT2D eigenvalue weighted by Crippen LogP contribution is -1.94. The van der Waals surface area contributed by atoms with Gasteiger partial charge in [0.1, 0.15) is 0 Å². The lowest BCUT2D eigenvalue weighted by atomic mass is 10.1. The first kappa shape index (κ1) is 33.4. The Morgan fingerprint density at radius 1 is 0.541 bits per heavy atom. The highest BCUT2D eigenvalue weighted by atomic mass is 16.4. The molecule has 0 spiro atoms. The summed E-state index contributed by atoms with van der Waals surface area (Å²) in [4.78, 5) is 10.8. The monoisotopic (exact) mass is 498 g/mol. The van der Waals surface area contributed by atoms with E-state index in [2.05, 4.69) is 96.2 Å². The molecule has 0 aliphatic rings. The Kier molecular flexibility index (Phi) is 18.5. The highest BCUT2D eigenvalue weighted by molar-refractivity contribution is 5.86. The van der Waals surface area contributed by atoms with Crippen molar-refractivity contribution in [3.63, 3.8) is 0 Å². The van der Waals surface area contributed by atoms with Crippen molar-refractivity contribution in [3.8, 4) is 0 Å². The molecular weight excluding hydrogens is 452 g/mol. The zero-order valence-electron chi connectivity index (χ0n) is 24.1. The molecule has 2 heteroatoms. The van der Waals surface area contributed by atoms with Crippen LogP contribution < -0.4 is 0 Å². The van der Waals surface area contributed by atoms with Gasteiger partial charge in [-0.2, -0.15) is 0 Å². The van der Waals surface area contributed by atoms with Crippen LogP contribution in [0.2, 0.25) is 0 Å². The second-order valence-corrected chi connectivity index (χ2v) is 9.45. The molecule has 0 amide bonds. The molecular formula is C35H46O2. The van der Waals surface area contributed by atoms with Crippen molar-refractivity contribution < 1.29 is 9.90 Å². The molecule has 1 N–H and O–H groups in total. The fraction of sp³-hybridized carbons (Fsp3) is 0.286. The Balaban J connectivity index is 4.73. The van der Waals surface area contributed by atoms with Gasteiger partial charge in [-0.05, 0) is 68.2 Å². The lowest BCUT2D eigenvalue weighted by molar-refractivity contribution is -0.132. The summed E-state index contributed by atoms with van der Waals surface area (Å²) in [7, 11) is 0. The van der Waals surface area contributed by atoms with Gasteiger partial charge in [-0.1, -0.05) is 137 Å². The number of carboxylic acids is 1. The van der Waals surface area contributed by atoms with Crippen LogP contribution >= 0.6 is 0 Å². The molecule has 0 aromatic carbocycles. The van der Waals surface area contributed by atoms with Crippen molar-refractivity contribution in [1.29, 1.82) is 0 Å². The van der Waals surface area contributed by atoms with E-state index >= 15 is 0 Å². The van der Waals surface area contributed by atoms with Crippen LogP contribution in [0.3, 0.4) is 0 Å². The summed E-state index contributed by atoms with van der Waals surface area (Å²) in [5, 5.41) is 8.84. The maximum Gasteiger partial charge on any atom is 0.331 e. The Morgan fingerprint density at radius 3 is 1.32 bits per heavy atom. The van der Waals surface area contributed by atoms with Gasteiger partial charge in [-0.25, -0.2) is 4.79 Å². The first-order valence-corrected chi connectivity index (χ1v) is 12.8. The second kappa shape index (κ2) is 20.5. The average Bonchev–Trinajstić information content (AvgIpc) is 2.81. The SMILES string of the molecule is CC(C)=CCCC(C)=CC=CC(C)=CC=CC(C)=CC=CC=C(C)C=CC=C(C)C=CC=C(C)C(=O)O. The number of aliphatic carboxylic acids is 1. The Hall–Kier alpha value is -3.65. The largest absolute Gasteiger partial charge is 0.478 e. The number of allylic oxidation sites excluding steroid dienone is 23. The summed E-state index contributed by atoms with van der Waals surface area (Å²) < 4.78 is 0. The second-order valence-electron chi connectivity index (χ2n) is 9.45. The Bertz CT molecular complexity index is 1090. The maximum absolute atomic E-state index is 10.8. The van der Waals surface area contributed by atoms with Gasteiger partial charge in [0.25, 0.3) is 0 Å². The van der Waals surface area contributed by atoms with Crippen molar-refractivity contribution in [3.05, 3.63) is 142 Å². The summed E-state index contributed by atoms with van der Waals surface area (Å²) in [5.74, 6) is -0.902. The van der Waals surface area contributed by atoms with Gasteiger partial charge < -0.3 is 5.11 Å². The van der Waals surface area contributed by atoms with E-state index in [1.54, 1.807) is 19.1 Å². The molecule has 0 atom stereocenters. The molecule has 0 aromatic rings. The van der Waals surface area contributed by atoms with Crippen LogP contribution in [0.25, 0.3) is 0 Å². The molecule has 37 heavy (non-hydrogen) atoms. The molecule has 0 aliphatic carbocycles. The quantitative estimate of drug-likeness (QED) is 0.147. The van der Waals surface area contributed by atoms with Crippen LogP contribution in [0.1, 0.15) is 68.2 Å². The number of rotatable bonds is 14. The predicted molar refractivity (Wildman–Crippen MR) is 165 cm³/mol. The molecule has 0 radical (unpaired) electrons. The Labute approximate surface area is 226 Å². The summed E-state index contributed by atoms with van der Waals surface area (Å²) in [6.07, 6.45) is 36.7. The molecule has 2 nitrogen and oxygen atoms in total. The smallest absolute Gasteiger partial charge is 0.331 e. The third kappa shape index (κ3) is 21.4. The zero-order chi connectivity index (χ0) is 28.1. The van der Waals surface area contributed by atoms with Gasteiger partial charge in [0, 0.05) is 5.57 Å². The molecule has 0 aliphatic heterocycles. The zero-order valence-corrected chi connectivity index (χ0v) is 24.1. The molecule has 0 aromatic heterocycles. The van der Waals surface area contributed by atoms with Crippen molar-refractivity contribution in [2.45, 2.75) is 68.2 Å². The molecule has 0 heterocycles. The van der Waals surface area contributed by atoms with E-state index in [0.29, 0.717) is 5.57 Å². The fourth-order valence-corrected chi connectivity index (χ4v) is 2.79. The highest BCUT2D eigenvalue weighted by Gasteiger charge is 1.95. The highest BCUT2D eigenvalue weighted by Crippen LogP contribution is 2.08. The maximum atomic E-state index is 10.8. The van der Waals surface area contributed by atoms with Gasteiger partial charge in [0.05, 0.1) is 0 Å². The van der Waals surface area contributed by atoms with Crippen molar-refractivity contribution in [1.82, 2.24) is 0 Å². The van der Waals surface area contributed by atoms with Crippen LogP contribution in [0.4, 0.5) is 0 Å². The molecule has 0 bridgehead atoms. The first-order chi connectivity index (χ1) is 17.5. The molecule has 0 rings (SSSR count). The minimum atomic E-state index is -0.902. The number of hydrogen-bond donors (Lipinski definition) is 1. The summed E-state index contributed by atoms with van der Waals surface area (Å²) >= 11 is 0. The first-order valence-electron chi connectivity index (χ1n) is 12.8. The van der Waals surface area contributed by atoms with Crippen LogP contribution in [-0.2, 0) is 4.79 Å². The lowest BCUT2D eigenvalue weighted by Gasteiger charge is -1.96. The van der Waals surface area contributed by atoms with E-state index in [4.69, 9.17) is 5.11 Å². The molecule has 0 fully saturated rings. The van der Waals surface area contributed by atoms with Gasteiger partial charge in [-0.15, -0.1) is 0 Å². The van der Waals surface area contributed by atoms with Gasteiger partial charge >= 0.3 is 5.97 Å². The van der Waals surface area contributed by atoms with Crippen LogP contribution in [0.5, 0.6) is 0 Å².